The highest BCUT2D eigenvalue weighted by Crippen LogP contribution is 2.21. The van der Waals surface area contributed by atoms with E-state index in [4.69, 9.17) is 5.11 Å². The third-order valence-electron chi connectivity index (χ3n) is 2.73. The lowest BCUT2D eigenvalue weighted by atomic mass is 10.0. The number of H-pyrrole nitrogens is 1. The molecule has 0 radical (unpaired) electrons. The van der Waals surface area contributed by atoms with E-state index in [0.29, 0.717) is 5.56 Å². The second-order valence-corrected chi connectivity index (χ2v) is 3.79. The van der Waals surface area contributed by atoms with Gasteiger partial charge in [0.25, 0.3) is 0 Å². The van der Waals surface area contributed by atoms with Crippen LogP contribution >= 0.6 is 0 Å². The van der Waals surface area contributed by atoms with Crippen LogP contribution in [0.5, 0.6) is 0 Å². The van der Waals surface area contributed by atoms with Crippen LogP contribution in [0.4, 0.5) is 0 Å². The third kappa shape index (κ3) is 2.37. The normalized spacial score (nSPS) is 12.3. The molecule has 3 N–H and O–H groups in total. The molecule has 0 aliphatic rings. The van der Waals surface area contributed by atoms with Gasteiger partial charge in [-0.3, -0.25) is 0 Å². The zero-order valence-electron chi connectivity index (χ0n) is 9.47. The molecule has 0 aliphatic heterocycles. The summed E-state index contributed by atoms with van der Waals surface area (Å²) >= 11 is 0. The number of carboxylic acids is 1. The first-order valence-corrected chi connectivity index (χ1v) is 5.35. The first kappa shape index (κ1) is 11.4. The van der Waals surface area contributed by atoms with Gasteiger partial charge in [0.1, 0.15) is 0 Å². The average molecular weight is 230 g/mol. The predicted octanol–water partition coefficient (Wildman–Crippen LogP) is 2.02. The third-order valence-corrected chi connectivity index (χ3v) is 2.73. The molecule has 0 spiro atoms. The van der Waals surface area contributed by atoms with Crippen LogP contribution in [-0.2, 0) is 0 Å². The van der Waals surface area contributed by atoms with Crippen molar-refractivity contribution in [3.05, 3.63) is 59.4 Å². The minimum absolute atomic E-state index is 0.0732. The van der Waals surface area contributed by atoms with Crippen LogP contribution in [0.1, 0.15) is 27.5 Å². The minimum Gasteiger partial charge on any atom is -0.478 e. The van der Waals surface area contributed by atoms with E-state index in [1.165, 1.54) is 0 Å². The van der Waals surface area contributed by atoms with E-state index >= 15 is 0 Å². The van der Waals surface area contributed by atoms with E-state index in [1.807, 2.05) is 37.6 Å². The maximum Gasteiger partial charge on any atom is 0.335 e. The number of hydrogen-bond donors (Lipinski definition) is 3. The average Bonchev–Trinajstić information content (AvgIpc) is 2.84. The Morgan fingerprint density at radius 3 is 2.41 bits per heavy atom. The molecule has 1 aromatic heterocycles. The van der Waals surface area contributed by atoms with Crippen LogP contribution in [0, 0.1) is 0 Å². The molecule has 4 nitrogen and oxygen atoms in total. The molecule has 2 rings (SSSR count). The number of carbonyl (C=O) groups is 1. The summed E-state index contributed by atoms with van der Waals surface area (Å²) in [5.41, 5.74) is 2.46. The second kappa shape index (κ2) is 4.84. The van der Waals surface area contributed by atoms with Gasteiger partial charge in [0, 0.05) is 12.4 Å². The summed E-state index contributed by atoms with van der Waals surface area (Å²) in [7, 11) is 1.88. The number of benzene rings is 1. The fourth-order valence-electron chi connectivity index (χ4n) is 1.86. The number of aromatic nitrogens is 1. The fraction of sp³-hybridized carbons (Fsp3) is 0.154. The molecule has 2 aromatic rings. The van der Waals surface area contributed by atoms with Gasteiger partial charge >= 0.3 is 5.97 Å². The van der Waals surface area contributed by atoms with Gasteiger partial charge in [0.05, 0.1) is 11.6 Å². The fourth-order valence-corrected chi connectivity index (χ4v) is 1.86. The largest absolute Gasteiger partial charge is 0.478 e. The highest BCUT2D eigenvalue weighted by atomic mass is 16.4. The summed E-state index contributed by atoms with van der Waals surface area (Å²) in [4.78, 5) is 13.8. The van der Waals surface area contributed by atoms with E-state index in [0.717, 1.165) is 11.1 Å². The van der Waals surface area contributed by atoms with Gasteiger partial charge in [0.2, 0.25) is 0 Å². The van der Waals surface area contributed by atoms with Gasteiger partial charge in [-0.15, -0.1) is 0 Å². The molecule has 1 atom stereocenters. The number of nitrogens with one attached hydrogen (secondary N) is 2. The van der Waals surface area contributed by atoms with Crippen LogP contribution in [0.15, 0.2) is 42.7 Å². The molecule has 17 heavy (non-hydrogen) atoms. The molecule has 1 unspecified atom stereocenters. The summed E-state index contributed by atoms with van der Waals surface area (Å²) in [6, 6.07) is 8.97. The Hall–Kier alpha value is -2.07. The van der Waals surface area contributed by atoms with Crippen molar-refractivity contribution in [1.29, 1.82) is 0 Å². The number of carboxylic acid groups (broad SMARTS) is 1. The predicted molar refractivity (Wildman–Crippen MR) is 65.1 cm³/mol. The zero-order chi connectivity index (χ0) is 12.3. The van der Waals surface area contributed by atoms with Crippen LogP contribution in [0.3, 0.4) is 0 Å². The first-order valence-electron chi connectivity index (χ1n) is 5.35. The molecule has 88 valence electrons. The van der Waals surface area contributed by atoms with Gasteiger partial charge in [-0.1, -0.05) is 12.1 Å². The summed E-state index contributed by atoms with van der Waals surface area (Å²) in [5, 5.41) is 12.0. The number of aromatic amines is 1. The molecule has 4 heteroatoms. The minimum atomic E-state index is -0.904. The van der Waals surface area contributed by atoms with Gasteiger partial charge in [-0.05, 0) is 36.4 Å². The van der Waals surface area contributed by atoms with E-state index in [9.17, 15) is 4.79 Å². The van der Waals surface area contributed by atoms with Crippen LogP contribution in [0.2, 0.25) is 0 Å². The maximum absolute atomic E-state index is 10.8. The Labute approximate surface area is 99.3 Å². The van der Waals surface area contributed by atoms with Crippen molar-refractivity contribution in [2.45, 2.75) is 6.04 Å². The van der Waals surface area contributed by atoms with Crippen molar-refractivity contribution < 1.29 is 9.90 Å². The Morgan fingerprint density at radius 1 is 1.24 bits per heavy atom. The molecular formula is C13H14N2O2. The van der Waals surface area contributed by atoms with Gasteiger partial charge in [-0.2, -0.15) is 0 Å². The quantitative estimate of drug-likeness (QED) is 0.752. The molecule has 0 saturated carbocycles. The summed E-state index contributed by atoms with van der Waals surface area (Å²) in [5.74, 6) is -0.904. The van der Waals surface area contributed by atoms with E-state index in [2.05, 4.69) is 10.3 Å². The van der Waals surface area contributed by atoms with Crippen LogP contribution < -0.4 is 5.32 Å². The summed E-state index contributed by atoms with van der Waals surface area (Å²) in [6.07, 6.45) is 3.79. The van der Waals surface area contributed by atoms with Gasteiger partial charge < -0.3 is 15.4 Å². The standard InChI is InChI=1S/C13H14N2O2/c1-14-12(11-6-7-15-8-11)9-2-4-10(5-3-9)13(16)17/h2-8,12,14-15H,1H3,(H,16,17). The summed E-state index contributed by atoms with van der Waals surface area (Å²) in [6.45, 7) is 0. The van der Waals surface area contributed by atoms with Gasteiger partial charge in [-0.25, -0.2) is 4.79 Å². The smallest absolute Gasteiger partial charge is 0.335 e. The molecular weight excluding hydrogens is 216 g/mol. The van der Waals surface area contributed by atoms with Crippen LogP contribution in [0.25, 0.3) is 0 Å². The molecule has 0 amide bonds. The monoisotopic (exact) mass is 230 g/mol. The Kier molecular flexibility index (Phi) is 3.25. The highest BCUT2D eigenvalue weighted by Gasteiger charge is 2.12. The molecule has 1 aromatic carbocycles. The molecule has 0 bridgehead atoms. The maximum atomic E-state index is 10.8. The van der Waals surface area contributed by atoms with E-state index < -0.39 is 5.97 Å². The van der Waals surface area contributed by atoms with Crippen molar-refractivity contribution >= 4 is 5.97 Å². The van der Waals surface area contributed by atoms with Crippen LogP contribution in [-0.4, -0.2) is 23.1 Å². The molecule has 1 heterocycles. The lowest BCUT2D eigenvalue weighted by molar-refractivity contribution is 0.0697. The summed E-state index contributed by atoms with van der Waals surface area (Å²) < 4.78 is 0. The molecule has 0 fully saturated rings. The lowest BCUT2D eigenvalue weighted by Crippen LogP contribution is -2.17. The Bertz CT molecular complexity index is 489. The highest BCUT2D eigenvalue weighted by molar-refractivity contribution is 5.87. The van der Waals surface area contributed by atoms with Crippen molar-refractivity contribution in [1.82, 2.24) is 10.3 Å². The van der Waals surface area contributed by atoms with E-state index in [-0.39, 0.29) is 6.04 Å². The van der Waals surface area contributed by atoms with Crippen molar-refractivity contribution in [3.63, 3.8) is 0 Å². The first-order chi connectivity index (χ1) is 8.22. The van der Waals surface area contributed by atoms with Crippen molar-refractivity contribution in [3.8, 4) is 0 Å². The SMILES string of the molecule is CNC(c1ccc(C(=O)O)cc1)c1cc[nH]c1. The number of aromatic carboxylic acids is 1. The number of rotatable bonds is 4. The Balaban J connectivity index is 2.29. The zero-order valence-corrected chi connectivity index (χ0v) is 9.47. The second-order valence-electron chi connectivity index (χ2n) is 3.79. The number of hydrogen-bond acceptors (Lipinski definition) is 2. The van der Waals surface area contributed by atoms with Crippen molar-refractivity contribution in [2.24, 2.45) is 0 Å². The van der Waals surface area contributed by atoms with Gasteiger partial charge in [0.15, 0.2) is 0 Å². The van der Waals surface area contributed by atoms with Crippen molar-refractivity contribution in [2.75, 3.05) is 7.05 Å². The van der Waals surface area contributed by atoms with E-state index in [1.54, 1.807) is 12.1 Å². The molecule has 0 saturated heterocycles. The lowest BCUT2D eigenvalue weighted by Gasteiger charge is -2.15. The molecule has 0 aliphatic carbocycles. The Morgan fingerprint density at radius 2 is 1.94 bits per heavy atom. The topological polar surface area (TPSA) is 65.1 Å².